The Bertz CT molecular complexity index is 341. The van der Waals surface area contributed by atoms with Gasteiger partial charge in [-0.25, -0.2) is 0 Å². The van der Waals surface area contributed by atoms with Crippen LogP contribution in [0.3, 0.4) is 0 Å². The van der Waals surface area contributed by atoms with Gasteiger partial charge in [0.1, 0.15) is 0 Å². The van der Waals surface area contributed by atoms with Gasteiger partial charge in [-0.05, 0) is 25.7 Å². The maximum Gasteiger partial charge on any atom is 0.310 e. The lowest BCUT2D eigenvalue weighted by Gasteiger charge is -2.34. The first-order valence-electron chi connectivity index (χ1n) is 7.23. The molecule has 2 aliphatic carbocycles. The van der Waals surface area contributed by atoms with Gasteiger partial charge in [-0.1, -0.05) is 25.7 Å². The highest BCUT2D eigenvalue weighted by Crippen LogP contribution is 2.38. The highest BCUT2D eigenvalue weighted by molar-refractivity contribution is 5.85. The summed E-state index contributed by atoms with van der Waals surface area (Å²) in [6, 6.07) is 0.0270. The molecule has 3 N–H and O–H groups in total. The van der Waals surface area contributed by atoms with E-state index in [9.17, 15) is 19.8 Å². The topological polar surface area (TPSA) is 86.6 Å². The van der Waals surface area contributed by atoms with Crippen molar-refractivity contribution >= 4 is 11.9 Å². The van der Waals surface area contributed by atoms with Crippen LogP contribution in [0.2, 0.25) is 0 Å². The molecule has 0 spiro atoms. The van der Waals surface area contributed by atoms with Crippen LogP contribution in [-0.4, -0.2) is 34.2 Å². The number of rotatable bonds is 4. The maximum absolute atomic E-state index is 12.0. The van der Waals surface area contributed by atoms with E-state index in [1.807, 2.05) is 0 Å². The molecule has 0 aromatic heterocycles. The molecule has 0 atom stereocenters. The Kier molecular flexibility index (Phi) is 4.45. The highest BCUT2D eigenvalue weighted by Gasteiger charge is 2.41. The molecule has 5 heteroatoms. The van der Waals surface area contributed by atoms with Crippen LogP contribution in [-0.2, 0) is 9.59 Å². The second kappa shape index (κ2) is 5.90. The number of carbonyl (C=O) groups is 2. The molecule has 0 aromatic rings. The Labute approximate surface area is 113 Å². The third-order valence-electron chi connectivity index (χ3n) is 4.49. The number of hydrogen-bond donors (Lipinski definition) is 3. The average Bonchev–Trinajstić information content (AvgIpc) is 2.53. The van der Waals surface area contributed by atoms with Gasteiger partial charge in [0, 0.05) is 12.5 Å². The number of nitrogens with one attached hydrogen (secondary N) is 1. The van der Waals surface area contributed by atoms with Crippen molar-refractivity contribution in [3.63, 3.8) is 0 Å². The van der Waals surface area contributed by atoms with E-state index in [-0.39, 0.29) is 24.5 Å². The van der Waals surface area contributed by atoms with Crippen LogP contribution in [0.4, 0.5) is 0 Å². The standard InChI is InChI=1S/C14H23NO4/c16-11-7-10(8-11)15-12(17)9-14(13(18)19)5-3-1-2-4-6-14/h10-11,16H,1-9H2,(H,15,17)(H,18,19). The Morgan fingerprint density at radius 3 is 2.16 bits per heavy atom. The van der Waals surface area contributed by atoms with E-state index in [1.165, 1.54) is 0 Å². The minimum Gasteiger partial charge on any atom is -0.481 e. The van der Waals surface area contributed by atoms with Crippen LogP contribution in [0, 0.1) is 5.41 Å². The molecule has 0 bridgehead atoms. The zero-order valence-electron chi connectivity index (χ0n) is 11.2. The molecule has 108 valence electrons. The second-order valence-corrected chi connectivity index (χ2v) is 6.07. The van der Waals surface area contributed by atoms with Crippen molar-refractivity contribution in [1.82, 2.24) is 5.32 Å². The minimum atomic E-state index is -0.872. The fourth-order valence-corrected chi connectivity index (χ4v) is 3.16. The number of aliphatic hydroxyl groups is 1. The van der Waals surface area contributed by atoms with E-state index in [2.05, 4.69) is 5.32 Å². The fourth-order valence-electron chi connectivity index (χ4n) is 3.16. The van der Waals surface area contributed by atoms with E-state index in [4.69, 9.17) is 0 Å². The zero-order chi connectivity index (χ0) is 13.9. The number of aliphatic carboxylic acids is 1. The van der Waals surface area contributed by atoms with Crippen molar-refractivity contribution in [1.29, 1.82) is 0 Å². The van der Waals surface area contributed by atoms with E-state index in [0.717, 1.165) is 25.7 Å². The minimum absolute atomic E-state index is 0.0270. The summed E-state index contributed by atoms with van der Waals surface area (Å²) in [7, 11) is 0. The Balaban J connectivity index is 1.91. The van der Waals surface area contributed by atoms with E-state index >= 15 is 0 Å². The third-order valence-corrected chi connectivity index (χ3v) is 4.49. The summed E-state index contributed by atoms with van der Waals surface area (Å²) in [4.78, 5) is 23.6. The molecule has 2 rings (SSSR count). The molecule has 1 amide bonds. The molecule has 0 unspecified atom stereocenters. The molecule has 0 radical (unpaired) electrons. The third kappa shape index (κ3) is 3.47. The predicted octanol–water partition coefficient (Wildman–Crippen LogP) is 1.44. The van der Waals surface area contributed by atoms with Gasteiger partial charge < -0.3 is 15.5 Å². The number of aliphatic hydroxyl groups excluding tert-OH is 1. The lowest BCUT2D eigenvalue weighted by Crippen LogP contribution is -2.48. The lowest BCUT2D eigenvalue weighted by atomic mass is 9.77. The molecule has 19 heavy (non-hydrogen) atoms. The molecule has 2 fully saturated rings. The Hall–Kier alpha value is -1.10. The number of carboxylic acids is 1. The first-order valence-corrected chi connectivity index (χ1v) is 7.23. The molecular weight excluding hydrogens is 246 g/mol. The van der Waals surface area contributed by atoms with Gasteiger partial charge in [0.2, 0.25) is 5.91 Å². The quantitative estimate of drug-likeness (QED) is 0.674. The first kappa shape index (κ1) is 14.3. The first-order chi connectivity index (χ1) is 9.02. The van der Waals surface area contributed by atoms with Crippen LogP contribution < -0.4 is 5.32 Å². The van der Waals surface area contributed by atoms with Crippen molar-refractivity contribution in [2.24, 2.45) is 5.41 Å². The van der Waals surface area contributed by atoms with E-state index in [0.29, 0.717) is 25.7 Å². The van der Waals surface area contributed by atoms with Crippen LogP contribution in [0.1, 0.15) is 57.8 Å². The van der Waals surface area contributed by atoms with Crippen LogP contribution in [0.25, 0.3) is 0 Å². The number of amides is 1. The largest absolute Gasteiger partial charge is 0.481 e. The monoisotopic (exact) mass is 269 g/mol. The lowest BCUT2D eigenvalue weighted by molar-refractivity contribution is -0.153. The summed E-state index contributed by atoms with van der Waals surface area (Å²) in [5.41, 5.74) is -0.872. The van der Waals surface area contributed by atoms with Crippen molar-refractivity contribution in [3.05, 3.63) is 0 Å². The molecule has 5 nitrogen and oxygen atoms in total. The SMILES string of the molecule is O=C(CC1(C(=O)O)CCCCCC1)NC1CC(O)C1. The molecule has 2 saturated carbocycles. The summed E-state index contributed by atoms with van der Waals surface area (Å²) < 4.78 is 0. The van der Waals surface area contributed by atoms with Gasteiger partial charge >= 0.3 is 5.97 Å². The normalized spacial score (nSPS) is 29.9. The highest BCUT2D eigenvalue weighted by atomic mass is 16.4. The molecule has 0 saturated heterocycles. The van der Waals surface area contributed by atoms with E-state index < -0.39 is 11.4 Å². The van der Waals surface area contributed by atoms with Gasteiger partial charge in [0.05, 0.1) is 11.5 Å². The van der Waals surface area contributed by atoms with Crippen molar-refractivity contribution in [2.45, 2.75) is 69.9 Å². The zero-order valence-corrected chi connectivity index (χ0v) is 11.2. The number of carbonyl (C=O) groups excluding carboxylic acids is 1. The number of carboxylic acid groups (broad SMARTS) is 1. The molecule has 0 aromatic carbocycles. The molecule has 0 heterocycles. The maximum atomic E-state index is 12.0. The Morgan fingerprint density at radius 1 is 1.11 bits per heavy atom. The van der Waals surface area contributed by atoms with Crippen molar-refractivity contribution in [2.75, 3.05) is 0 Å². The fraction of sp³-hybridized carbons (Fsp3) is 0.857. The Morgan fingerprint density at radius 2 is 1.68 bits per heavy atom. The second-order valence-electron chi connectivity index (χ2n) is 6.07. The summed E-state index contributed by atoms with van der Waals surface area (Å²) in [5.74, 6) is -1.01. The molecule has 0 aliphatic heterocycles. The van der Waals surface area contributed by atoms with Gasteiger partial charge in [-0.15, -0.1) is 0 Å². The van der Waals surface area contributed by atoms with Gasteiger partial charge in [0.15, 0.2) is 0 Å². The van der Waals surface area contributed by atoms with E-state index in [1.54, 1.807) is 0 Å². The summed E-state index contributed by atoms with van der Waals surface area (Å²) >= 11 is 0. The van der Waals surface area contributed by atoms with Gasteiger partial charge in [-0.2, -0.15) is 0 Å². The van der Waals surface area contributed by atoms with Gasteiger partial charge in [-0.3, -0.25) is 9.59 Å². The smallest absolute Gasteiger partial charge is 0.310 e. The number of hydrogen-bond acceptors (Lipinski definition) is 3. The summed E-state index contributed by atoms with van der Waals surface area (Å²) in [6.45, 7) is 0. The van der Waals surface area contributed by atoms with Crippen LogP contribution >= 0.6 is 0 Å². The molecular formula is C14H23NO4. The summed E-state index contributed by atoms with van der Waals surface area (Å²) in [6.07, 6.45) is 6.05. The average molecular weight is 269 g/mol. The van der Waals surface area contributed by atoms with Crippen LogP contribution in [0.15, 0.2) is 0 Å². The molecule has 2 aliphatic rings. The van der Waals surface area contributed by atoms with Crippen LogP contribution in [0.5, 0.6) is 0 Å². The van der Waals surface area contributed by atoms with Gasteiger partial charge in [0.25, 0.3) is 0 Å². The summed E-state index contributed by atoms with van der Waals surface area (Å²) in [5, 5.41) is 21.5. The predicted molar refractivity (Wildman–Crippen MR) is 69.6 cm³/mol. The van der Waals surface area contributed by atoms with Crippen molar-refractivity contribution < 1.29 is 19.8 Å². The van der Waals surface area contributed by atoms with Crippen molar-refractivity contribution in [3.8, 4) is 0 Å².